The van der Waals surface area contributed by atoms with Crippen molar-refractivity contribution >= 4 is 29.9 Å². The third kappa shape index (κ3) is 8.36. The van der Waals surface area contributed by atoms with Crippen LogP contribution in [-0.4, -0.2) is 93.7 Å². The van der Waals surface area contributed by atoms with Crippen molar-refractivity contribution in [2.24, 2.45) is 4.99 Å². The Morgan fingerprint density at radius 2 is 1.90 bits per heavy atom. The number of rotatable bonds is 8. The first-order valence-corrected chi connectivity index (χ1v) is 11.4. The molecule has 8 heteroatoms. The molecule has 2 saturated heterocycles. The fourth-order valence-electron chi connectivity index (χ4n) is 4.37. The zero-order chi connectivity index (χ0) is 20.3. The Labute approximate surface area is 199 Å². The van der Waals surface area contributed by atoms with Gasteiger partial charge in [0.15, 0.2) is 5.96 Å². The minimum atomic E-state index is 0. The summed E-state index contributed by atoms with van der Waals surface area (Å²) in [4.78, 5) is 12.0. The van der Waals surface area contributed by atoms with E-state index >= 15 is 0 Å². The molecule has 7 nitrogen and oxygen atoms in total. The van der Waals surface area contributed by atoms with Crippen molar-refractivity contribution < 1.29 is 4.42 Å². The maximum atomic E-state index is 5.75. The van der Waals surface area contributed by atoms with Gasteiger partial charge in [-0.05, 0) is 77.6 Å². The minimum absolute atomic E-state index is 0. The number of nitrogens with zero attached hydrogens (tertiary/aromatic N) is 4. The highest BCUT2D eigenvalue weighted by Crippen LogP contribution is 2.24. The molecule has 0 aromatic carbocycles. The van der Waals surface area contributed by atoms with Gasteiger partial charge in [0, 0.05) is 33.2 Å². The van der Waals surface area contributed by atoms with Crippen LogP contribution in [0.15, 0.2) is 27.8 Å². The molecule has 0 amide bonds. The number of nitrogens with one attached hydrogen (secondary N) is 2. The fraction of sp³-hybridized carbons (Fsp3) is 0.773. The number of piperidine rings is 1. The third-order valence-corrected chi connectivity index (χ3v) is 6.15. The van der Waals surface area contributed by atoms with Crippen molar-refractivity contribution in [1.82, 2.24) is 25.3 Å². The molecule has 1 unspecified atom stereocenters. The van der Waals surface area contributed by atoms with E-state index in [0.717, 1.165) is 50.9 Å². The second-order valence-electron chi connectivity index (χ2n) is 8.36. The summed E-state index contributed by atoms with van der Waals surface area (Å²) in [6.45, 7) is 10.0. The molecule has 1 atom stereocenters. The molecule has 2 fully saturated rings. The molecule has 1 aromatic rings. The van der Waals surface area contributed by atoms with Gasteiger partial charge in [0.1, 0.15) is 5.76 Å². The first-order valence-electron chi connectivity index (χ1n) is 11.4. The van der Waals surface area contributed by atoms with Crippen molar-refractivity contribution in [1.29, 1.82) is 0 Å². The predicted octanol–water partition coefficient (Wildman–Crippen LogP) is 2.62. The average Bonchev–Trinajstić information content (AvgIpc) is 3.20. The normalized spacial score (nSPS) is 20.9. The topological polar surface area (TPSA) is 59.3 Å². The molecule has 0 spiro atoms. The Morgan fingerprint density at radius 3 is 2.63 bits per heavy atom. The number of guanidine groups is 1. The van der Waals surface area contributed by atoms with Crippen molar-refractivity contribution in [3.05, 3.63) is 24.2 Å². The van der Waals surface area contributed by atoms with Gasteiger partial charge in [0.05, 0.1) is 12.3 Å². The summed E-state index contributed by atoms with van der Waals surface area (Å²) in [6, 6.07) is 4.34. The number of likely N-dealkylation sites (N-methyl/N-ethyl adjacent to an activating group) is 1. The molecule has 2 aliphatic rings. The quantitative estimate of drug-likeness (QED) is 0.233. The Balaban J connectivity index is 0.00000320. The van der Waals surface area contributed by atoms with E-state index in [9.17, 15) is 0 Å². The van der Waals surface area contributed by atoms with Crippen LogP contribution in [-0.2, 0) is 0 Å². The van der Waals surface area contributed by atoms with E-state index < -0.39 is 0 Å². The van der Waals surface area contributed by atoms with Gasteiger partial charge in [-0.2, -0.15) is 0 Å². The summed E-state index contributed by atoms with van der Waals surface area (Å²) in [5, 5.41) is 7.02. The molecule has 0 radical (unpaired) electrons. The summed E-state index contributed by atoms with van der Waals surface area (Å²) in [6.07, 6.45) is 8.08. The molecule has 0 bridgehead atoms. The van der Waals surface area contributed by atoms with Gasteiger partial charge in [-0.15, -0.1) is 24.0 Å². The second-order valence-corrected chi connectivity index (χ2v) is 8.36. The second kappa shape index (κ2) is 14.3. The maximum absolute atomic E-state index is 5.75. The number of halogens is 1. The van der Waals surface area contributed by atoms with E-state index in [1.807, 2.05) is 13.1 Å². The predicted molar refractivity (Wildman–Crippen MR) is 135 cm³/mol. The Bertz CT molecular complexity index is 590. The van der Waals surface area contributed by atoms with Crippen LogP contribution in [0.1, 0.15) is 43.9 Å². The molecule has 3 rings (SSSR count). The van der Waals surface area contributed by atoms with E-state index in [1.165, 1.54) is 51.9 Å². The number of aliphatic imine (C=N–C) groups is 1. The average molecular weight is 533 g/mol. The van der Waals surface area contributed by atoms with E-state index in [1.54, 1.807) is 6.26 Å². The lowest BCUT2D eigenvalue weighted by molar-refractivity contribution is 0.146. The maximum Gasteiger partial charge on any atom is 0.191 e. The summed E-state index contributed by atoms with van der Waals surface area (Å²) >= 11 is 0. The molecule has 1 aromatic heterocycles. The zero-order valence-corrected chi connectivity index (χ0v) is 21.1. The molecule has 2 aliphatic heterocycles. The highest BCUT2D eigenvalue weighted by atomic mass is 127. The number of furan rings is 1. The van der Waals surface area contributed by atoms with Crippen LogP contribution in [0.4, 0.5) is 0 Å². The van der Waals surface area contributed by atoms with Crippen molar-refractivity contribution in [3.8, 4) is 0 Å². The van der Waals surface area contributed by atoms with Crippen LogP contribution < -0.4 is 10.6 Å². The Morgan fingerprint density at radius 1 is 1.07 bits per heavy atom. The van der Waals surface area contributed by atoms with Crippen LogP contribution in [0.25, 0.3) is 0 Å². The molecule has 172 valence electrons. The highest BCUT2D eigenvalue weighted by Gasteiger charge is 2.24. The number of hydrogen-bond donors (Lipinski definition) is 2. The lowest BCUT2D eigenvalue weighted by Gasteiger charge is -2.33. The van der Waals surface area contributed by atoms with Crippen molar-refractivity contribution in [3.63, 3.8) is 0 Å². The fourth-order valence-corrected chi connectivity index (χ4v) is 4.37. The van der Waals surface area contributed by atoms with Crippen LogP contribution in [0.2, 0.25) is 0 Å². The van der Waals surface area contributed by atoms with Crippen LogP contribution in [0.3, 0.4) is 0 Å². The van der Waals surface area contributed by atoms with Crippen molar-refractivity contribution in [2.75, 3.05) is 73.0 Å². The lowest BCUT2D eigenvalue weighted by atomic mass is 10.1. The van der Waals surface area contributed by atoms with Crippen LogP contribution in [0.5, 0.6) is 0 Å². The van der Waals surface area contributed by atoms with E-state index in [-0.39, 0.29) is 30.0 Å². The summed E-state index contributed by atoms with van der Waals surface area (Å²) < 4.78 is 5.75. The highest BCUT2D eigenvalue weighted by molar-refractivity contribution is 14.0. The molecule has 0 saturated carbocycles. The summed E-state index contributed by atoms with van der Waals surface area (Å²) in [5.41, 5.74) is 0. The van der Waals surface area contributed by atoms with Gasteiger partial charge in [-0.1, -0.05) is 6.42 Å². The lowest BCUT2D eigenvalue weighted by Crippen LogP contribution is -2.44. The standard InChI is InChI=1S/C22H40N6O.HI/c1-23-22(24-10-7-12-27-13-8-11-26(2)16-17-27)25-19-20(21-9-6-18-29-21)28-14-4-3-5-15-28;/h6,9,18,20H,3-5,7-8,10-17,19H2,1-2H3,(H2,23,24,25);1H. The van der Waals surface area contributed by atoms with Crippen LogP contribution >= 0.6 is 24.0 Å². The minimum Gasteiger partial charge on any atom is -0.468 e. The largest absolute Gasteiger partial charge is 0.468 e. The Kier molecular flexibility index (Phi) is 12.1. The monoisotopic (exact) mass is 532 g/mol. The smallest absolute Gasteiger partial charge is 0.191 e. The SMILES string of the molecule is CN=C(NCCCN1CCCN(C)CC1)NCC(c1ccco1)N1CCCCC1.I. The van der Waals surface area contributed by atoms with Crippen molar-refractivity contribution in [2.45, 2.75) is 38.1 Å². The molecule has 3 heterocycles. The molecule has 30 heavy (non-hydrogen) atoms. The summed E-state index contributed by atoms with van der Waals surface area (Å²) in [5.74, 6) is 1.93. The third-order valence-electron chi connectivity index (χ3n) is 6.15. The van der Waals surface area contributed by atoms with Gasteiger partial charge >= 0.3 is 0 Å². The van der Waals surface area contributed by atoms with Gasteiger partial charge < -0.3 is 24.9 Å². The van der Waals surface area contributed by atoms with Gasteiger partial charge in [-0.3, -0.25) is 9.89 Å². The van der Waals surface area contributed by atoms with Gasteiger partial charge in [0.25, 0.3) is 0 Å². The molecular formula is C22H41IN6O. The van der Waals surface area contributed by atoms with Gasteiger partial charge in [-0.25, -0.2) is 0 Å². The van der Waals surface area contributed by atoms with E-state index in [2.05, 4.69) is 43.4 Å². The summed E-state index contributed by atoms with van der Waals surface area (Å²) in [7, 11) is 4.07. The number of likely N-dealkylation sites (tertiary alicyclic amines) is 1. The molecule has 0 aliphatic carbocycles. The molecule has 2 N–H and O–H groups in total. The van der Waals surface area contributed by atoms with E-state index in [0.29, 0.717) is 0 Å². The van der Waals surface area contributed by atoms with Gasteiger partial charge in [0.2, 0.25) is 0 Å². The zero-order valence-electron chi connectivity index (χ0n) is 18.8. The van der Waals surface area contributed by atoms with E-state index in [4.69, 9.17) is 4.42 Å². The number of hydrogen-bond acceptors (Lipinski definition) is 5. The first kappa shape index (κ1) is 25.4. The Hall–Kier alpha value is -0.840. The first-order chi connectivity index (χ1) is 14.3. The molecular weight excluding hydrogens is 491 g/mol. The van der Waals surface area contributed by atoms with Crippen LogP contribution in [0, 0.1) is 0 Å².